The zero-order chi connectivity index (χ0) is 18.6. The third kappa shape index (κ3) is 4.56. The number of likely N-dealkylation sites (N-methyl/N-ethyl adjacent to an activating group) is 2. The largest absolute Gasteiger partial charge is 0.355 e. The Labute approximate surface area is 157 Å². The van der Waals surface area contributed by atoms with Crippen LogP contribution in [0.2, 0.25) is 0 Å². The second-order valence-corrected chi connectivity index (χ2v) is 8.45. The molecule has 3 saturated heterocycles. The zero-order valence-electron chi connectivity index (χ0n) is 16.4. The van der Waals surface area contributed by atoms with E-state index in [-0.39, 0.29) is 18.2 Å². The summed E-state index contributed by atoms with van der Waals surface area (Å²) in [7, 11) is 4.23. The van der Waals surface area contributed by atoms with E-state index in [9.17, 15) is 9.59 Å². The molecule has 26 heavy (non-hydrogen) atoms. The second-order valence-electron chi connectivity index (χ2n) is 8.45. The minimum atomic E-state index is -0.594. The van der Waals surface area contributed by atoms with Crippen LogP contribution in [0.5, 0.6) is 0 Å². The fraction of sp³-hybridized carbons (Fsp3) is 0.895. The van der Waals surface area contributed by atoms with Gasteiger partial charge in [-0.25, -0.2) is 0 Å². The Morgan fingerprint density at radius 1 is 1.04 bits per heavy atom. The minimum absolute atomic E-state index is 0.00198. The summed E-state index contributed by atoms with van der Waals surface area (Å²) >= 11 is 0. The van der Waals surface area contributed by atoms with Crippen molar-refractivity contribution in [3.8, 4) is 0 Å². The van der Waals surface area contributed by atoms with Crippen LogP contribution in [-0.2, 0) is 9.59 Å². The van der Waals surface area contributed by atoms with Gasteiger partial charge in [0.2, 0.25) is 11.8 Å². The number of amides is 2. The van der Waals surface area contributed by atoms with Crippen LogP contribution in [0.25, 0.3) is 0 Å². The molecule has 2 amide bonds. The maximum Gasteiger partial charge on any atom is 0.228 e. The Bertz CT molecular complexity index is 506. The standard InChI is InChI=1S/C19H35N5O2/c1-23-9-3-5-15(23)12-21-17(25)11-19(7-8-20-14-19)18(26)22-13-16-6-4-10-24(16)2/h15-16,20H,3-14H2,1-2H3,(H,21,25)(H,22,26). The first kappa shape index (κ1) is 19.6. The first-order valence-corrected chi connectivity index (χ1v) is 10.2. The molecule has 148 valence electrons. The first-order chi connectivity index (χ1) is 12.5. The smallest absolute Gasteiger partial charge is 0.228 e. The molecule has 3 N–H and O–H groups in total. The van der Waals surface area contributed by atoms with Crippen LogP contribution in [0.3, 0.4) is 0 Å². The Morgan fingerprint density at radius 2 is 1.65 bits per heavy atom. The third-order valence-electron chi connectivity index (χ3n) is 6.60. The summed E-state index contributed by atoms with van der Waals surface area (Å²) in [6.45, 7) is 4.97. The molecule has 3 atom stereocenters. The van der Waals surface area contributed by atoms with Crippen molar-refractivity contribution < 1.29 is 9.59 Å². The molecule has 3 unspecified atom stereocenters. The molecule has 0 saturated carbocycles. The van der Waals surface area contributed by atoms with Gasteiger partial charge in [-0.2, -0.15) is 0 Å². The average Bonchev–Trinajstić information content (AvgIpc) is 3.34. The number of nitrogens with one attached hydrogen (secondary N) is 3. The lowest BCUT2D eigenvalue weighted by Gasteiger charge is -2.29. The Balaban J connectivity index is 1.49. The lowest BCUT2D eigenvalue weighted by molar-refractivity contribution is -0.135. The van der Waals surface area contributed by atoms with Gasteiger partial charge in [0, 0.05) is 38.1 Å². The van der Waals surface area contributed by atoms with E-state index in [0.717, 1.165) is 38.9 Å². The summed E-state index contributed by atoms with van der Waals surface area (Å²) in [5.41, 5.74) is -0.594. The van der Waals surface area contributed by atoms with Crippen molar-refractivity contribution in [1.82, 2.24) is 25.8 Å². The highest BCUT2D eigenvalue weighted by Gasteiger charge is 2.43. The molecular formula is C19H35N5O2. The van der Waals surface area contributed by atoms with Crippen molar-refractivity contribution in [2.24, 2.45) is 5.41 Å². The number of rotatable bonds is 7. The van der Waals surface area contributed by atoms with E-state index in [0.29, 0.717) is 31.7 Å². The zero-order valence-corrected chi connectivity index (χ0v) is 16.4. The summed E-state index contributed by atoms with van der Waals surface area (Å²) in [5.74, 6) is 0.0399. The van der Waals surface area contributed by atoms with Gasteiger partial charge in [0.05, 0.1) is 5.41 Å². The highest BCUT2D eigenvalue weighted by Crippen LogP contribution is 2.30. The molecule has 3 heterocycles. The fourth-order valence-corrected chi connectivity index (χ4v) is 4.64. The molecule has 7 nitrogen and oxygen atoms in total. The monoisotopic (exact) mass is 365 g/mol. The molecule has 0 aromatic rings. The van der Waals surface area contributed by atoms with E-state index in [2.05, 4.69) is 39.8 Å². The number of nitrogens with zero attached hydrogens (tertiary/aromatic N) is 2. The highest BCUT2D eigenvalue weighted by atomic mass is 16.2. The summed E-state index contributed by atoms with van der Waals surface area (Å²) in [6, 6.07) is 0.862. The van der Waals surface area contributed by atoms with Gasteiger partial charge in [-0.15, -0.1) is 0 Å². The molecule has 0 aromatic heterocycles. The Hall–Kier alpha value is -1.18. The van der Waals surface area contributed by atoms with Gasteiger partial charge in [-0.3, -0.25) is 9.59 Å². The van der Waals surface area contributed by atoms with Crippen LogP contribution in [0, 0.1) is 5.41 Å². The molecule has 7 heteroatoms. The maximum atomic E-state index is 12.9. The summed E-state index contributed by atoms with van der Waals surface area (Å²) < 4.78 is 0. The van der Waals surface area contributed by atoms with Crippen molar-refractivity contribution in [2.75, 3.05) is 53.4 Å². The summed E-state index contributed by atoms with van der Waals surface area (Å²) in [5, 5.41) is 9.49. The van der Waals surface area contributed by atoms with Crippen molar-refractivity contribution in [1.29, 1.82) is 0 Å². The molecule has 3 aliphatic heterocycles. The van der Waals surface area contributed by atoms with E-state index in [1.165, 1.54) is 12.8 Å². The SMILES string of the molecule is CN1CCCC1CNC(=O)CC1(C(=O)NCC2CCCN2C)CCNC1. The van der Waals surface area contributed by atoms with Gasteiger partial charge in [0.1, 0.15) is 0 Å². The van der Waals surface area contributed by atoms with Gasteiger partial charge in [-0.05, 0) is 65.8 Å². The van der Waals surface area contributed by atoms with E-state index in [1.807, 2.05) is 0 Å². The van der Waals surface area contributed by atoms with Crippen LogP contribution >= 0.6 is 0 Å². The van der Waals surface area contributed by atoms with Gasteiger partial charge in [0.25, 0.3) is 0 Å². The number of carbonyl (C=O) groups excluding carboxylic acids is 2. The van der Waals surface area contributed by atoms with E-state index >= 15 is 0 Å². The predicted molar refractivity (Wildman–Crippen MR) is 102 cm³/mol. The normalized spacial score (nSPS) is 32.8. The second kappa shape index (κ2) is 8.67. The topological polar surface area (TPSA) is 76.7 Å². The summed E-state index contributed by atoms with van der Waals surface area (Å²) in [6.07, 6.45) is 5.68. The quantitative estimate of drug-likeness (QED) is 0.581. The Morgan fingerprint density at radius 3 is 2.15 bits per heavy atom. The van der Waals surface area contributed by atoms with Crippen LogP contribution in [0.15, 0.2) is 0 Å². The molecule has 3 aliphatic rings. The number of hydrogen-bond acceptors (Lipinski definition) is 5. The molecule has 0 bridgehead atoms. The van der Waals surface area contributed by atoms with Crippen LogP contribution in [0.4, 0.5) is 0 Å². The average molecular weight is 366 g/mol. The van der Waals surface area contributed by atoms with Gasteiger partial charge in [0.15, 0.2) is 0 Å². The van der Waals surface area contributed by atoms with Crippen molar-refractivity contribution >= 4 is 11.8 Å². The number of hydrogen-bond donors (Lipinski definition) is 3. The summed E-state index contributed by atoms with van der Waals surface area (Å²) in [4.78, 5) is 30.1. The maximum absolute atomic E-state index is 12.9. The molecule has 0 spiro atoms. The van der Waals surface area contributed by atoms with Crippen LogP contribution in [0.1, 0.15) is 38.5 Å². The third-order valence-corrected chi connectivity index (χ3v) is 6.60. The molecule has 0 radical (unpaired) electrons. The fourth-order valence-electron chi connectivity index (χ4n) is 4.64. The molecular weight excluding hydrogens is 330 g/mol. The van der Waals surface area contributed by atoms with Crippen LogP contribution < -0.4 is 16.0 Å². The Kier molecular flexibility index (Phi) is 6.53. The number of carbonyl (C=O) groups is 2. The highest BCUT2D eigenvalue weighted by molar-refractivity contribution is 5.89. The first-order valence-electron chi connectivity index (χ1n) is 10.2. The van der Waals surface area contributed by atoms with Crippen LogP contribution in [-0.4, -0.2) is 87.1 Å². The molecule has 0 aromatic carbocycles. The van der Waals surface area contributed by atoms with E-state index in [4.69, 9.17) is 0 Å². The molecule has 3 fully saturated rings. The van der Waals surface area contributed by atoms with Gasteiger partial charge < -0.3 is 25.8 Å². The van der Waals surface area contributed by atoms with E-state index < -0.39 is 5.41 Å². The number of likely N-dealkylation sites (tertiary alicyclic amines) is 2. The lowest BCUT2D eigenvalue weighted by Crippen LogP contribution is -2.49. The van der Waals surface area contributed by atoms with Gasteiger partial charge >= 0.3 is 0 Å². The minimum Gasteiger partial charge on any atom is -0.355 e. The van der Waals surface area contributed by atoms with Gasteiger partial charge in [-0.1, -0.05) is 0 Å². The predicted octanol–water partition coefficient (Wildman–Crippen LogP) is -0.223. The van der Waals surface area contributed by atoms with Crippen molar-refractivity contribution in [3.05, 3.63) is 0 Å². The molecule has 0 aliphatic carbocycles. The van der Waals surface area contributed by atoms with Crippen molar-refractivity contribution in [3.63, 3.8) is 0 Å². The molecule has 3 rings (SSSR count). The van der Waals surface area contributed by atoms with E-state index in [1.54, 1.807) is 0 Å². The van der Waals surface area contributed by atoms with Crippen molar-refractivity contribution in [2.45, 2.75) is 50.6 Å². The lowest BCUT2D eigenvalue weighted by atomic mass is 9.82.